The van der Waals surface area contributed by atoms with Crippen LogP contribution in [-0.4, -0.2) is 134 Å². The zero-order valence-corrected chi connectivity index (χ0v) is 39.6. The summed E-state index contributed by atoms with van der Waals surface area (Å²) in [5.74, 6) is -3.59. The molecule has 0 aliphatic carbocycles. The van der Waals surface area contributed by atoms with Crippen LogP contribution < -0.4 is 10.6 Å². The number of nitrogens with one attached hydrogen (secondary N) is 2. The largest absolute Gasteiger partial charge is 2.00 e. The van der Waals surface area contributed by atoms with Gasteiger partial charge >= 0.3 is 46.9 Å². The Balaban J connectivity index is 0.000000642. The summed E-state index contributed by atoms with van der Waals surface area (Å²) in [4.78, 5) is 78.1. The van der Waals surface area contributed by atoms with E-state index in [1.165, 1.54) is 9.80 Å². The summed E-state index contributed by atoms with van der Waals surface area (Å²) in [6.07, 6.45) is 2.75. The van der Waals surface area contributed by atoms with Gasteiger partial charge in [-0.15, -0.1) is 0 Å². The smallest absolute Gasteiger partial charge is 1.00 e. The molecule has 6 atom stereocenters. The number of aryl methyl sites for hydroxylation is 2. The van der Waals surface area contributed by atoms with Crippen LogP contribution >= 0.6 is 0 Å². The number of carboxylic acid groups (broad SMARTS) is 2. The third kappa shape index (κ3) is 15.2. The normalized spacial score (nSPS) is 16.7. The number of carbonyl (C=O) groups is 6. The molecule has 4 aromatic rings. The fraction of sp³-hybridized carbons (Fsp3) is 0.400. The minimum Gasteiger partial charge on any atom is -1.00 e. The van der Waals surface area contributed by atoms with Crippen molar-refractivity contribution < 1.29 is 56.8 Å². The molecule has 6 rings (SSSR count). The van der Waals surface area contributed by atoms with E-state index in [2.05, 4.69) is 10.6 Å². The van der Waals surface area contributed by atoms with Gasteiger partial charge < -0.3 is 37.8 Å². The standard InChI is InChI=1S/2C25H30N2O5.Mg.H2O.2H/c2*1-3-32-25(31)21(14-13-18-9-5-4-6-10-18)26-17(2)23(28)27-16-20-12-8-7-11-19(20)15-22(27)24(29)30;;;;/h2*4-12,17,21-22,26H,3,13-16H2,1-2H3,(H,29,30);;1H2;;/q;;+2;;2*-1/t2*17-,21-,22-;;;;/m00..../s1. The number of esters is 2. The van der Waals surface area contributed by atoms with Crippen LogP contribution in [0, 0.1) is 0 Å². The Morgan fingerprint density at radius 1 is 0.576 bits per heavy atom. The van der Waals surface area contributed by atoms with Crippen molar-refractivity contribution in [2.75, 3.05) is 13.2 Å². The maximum absolute atomic E-state index is 13.3. The van der Waals surface area contributed by atoms with Gasteiger partial charge in [0.25, 0.3) is 0 Å². The Kier molecular flexibility index (Phi) is 22.4. The molecule has 2 amide bonds. The molecule has 0 saturated heterocycles. The van der Waals surface area contributed by atoms with Gasteiger partial charge in [-0.3, -0.25) is 29.8 Å². The number of aliphatic carboxylic acids is 2. The van der Waals surface area contributed by atoms with Crippen LogP contribution in [0.2, 0.25) is 0 Å². The number of fused-ring (bicyclic) bond motifs is 2. The second-order valence-corrected chi connectivity index (χ2v) is 16.0. The van der Waals surface area contributed by atoms with E-state index in [9.17, 15) is 39.0 Å². The van der Waals surface area contributed by atoms with Gasteiger partial charge in [0.05, 0.1) is 25.3 Å². The summed E-state index contributed by atoms with van der Waals surface area (Å²) in [5, 5.41) is 25.6. The van der Waals surface area contributed by atoms with Crippen molar-refractivity contribution >= 4 is 58.7 Å². The van der Waals surface area contributed by atoms with Crippen LogP contribution in [0.5, 0.6) is 0 Å². The van der Waals surface area contributed by atoms with Crippen molar-refractivity contribution in [3.05, 3.63) is 143 Å². The number of benzene rings is 4. The zero-order chi connectivity index (χ0) is 46.2. The number of carbonyl (C=O) groups excluding carboxylic acids is 4. The Morgan fingerprint density at radius 2 is 0.894 bits per heavy atom. The summed E-state index contributed by atoms with van der Waals surface area (Å²) in [5.41, 5.74) is 5.93. The molecule has 0 radical (unpaired) electrons. The fourth-order valence-corrected chi connectivity index (χ4v) is 8.13. The van der Waals surface area contributed by atoms with Crippen molar-refractivity contribution in [2.45, 2.75) is 116 Å². The van der Waals surface area contributed by atoms with Crippen molar-refractivity contribution in [1.29, 1.82) is 0 Å². The summed E-state index contributed by atoms with van der Waals surface area (Å²) in [6, 6.07) is 30.0. The quantitative estimate of drug-likeness (QED) is 0.0817. The maximum atomic E-state index is 13.3. The predicted octanol–water partition coefficient (Wildman–Crippen LogP) is 4.15. The Hall–Kier alpha value is -5.65. The van der Waals surface area contributed by atoms with E-state index < -0.39 is 60.1 Å². The van der Waals surface area contributed by atoms with E-state index in [1.807, 2.05) is 109 Å². The molecule has 0 unspecified atom stereocenters. The molecule has 0 spiro atoms. The van der Waals surface area contributed by atoms with Gasteiger partial charge in [-0.25, -0.2) is 9.59 Å². The molecule has 16 heteroatoms. The number of ether oxygens (including phenoxy) is 2. The minimum absolute atomic E-state index is 0. The molecule has 2 aliphatic rings. The summed E-state index contributed by atoms with van der Waals surface area (Å²) in [7, 11) is 0. The van der Waals surface area contributed by atoms with E-state index >= 15 is 0 Å². The second-order valence-electron chi connectivity index (χ2n) is 16.0. The average Bonchev–Trinajstić information content (AvgIpc) is 3.31. The number of rotatable bonds is 18. The Morgan fingerprint density at radius 3 is 1.21 bits per heavy atom. The molecule has 6 N–H and O–H groups in total. The number of hydrogen-bond acceptors (Lipinski definition) is 10. The average molecular weight is 921 g/mol. The summed E-state index contributed by atoms with van der Waals surface area (Å²) >= 11 is 0. The third-order valence-corrected chi connectivity index (χ3v) is 11.5. The first kappa shape index (κ1) is 54.7. The molecule has 352 valence electrons. The Labute approximate surface area is 405 Å². The van der Waals surface area contributed by atoms with Crippen LogP contribution in [0.3, 0.4) is 0 Å². The topological polar surface area (TPSA) is 223 Å². The maximum Gasteiger partial charge on any atom is 2.00 e. The van der Waals surface area contributed by atoms with Crippen LogP contribution in [-0.2, 0) is 77.0 Å². The molecule has 0 bridgehead atoms. The minimum atomic E-state index is -1.04. The van der Waals surface area contributed by atoms with E-state index in [4.69, 9.17) is 9.47 Å². The number of amides is 2. The fourth-order valence-electron chi connectivity index (χ4n) is 8.13. The number of nitrogens with zero attached hydrogens (tertiary/aromatic N) is 2. The van der Waals surface area contributed by atoms with Gasteiger partial charge in [0.2, 0.25) is 11.8 Å². The van der Waals surface area contributed by atoms with Crippen LogP contribution in [0.4, 0.5) is 0 Å². The van der Waals surface area contributed by atoms with Crippen molar-refractivity contribution in [3.63, 3.8) is 0 Å². The first-order chi connectivity index (χ1) is 30.8. The predicted molar refractivity (Wildman–Crippen MR) is 251 cm³/mol. The third-order valence-electron chi connectivity index (χ3n) is 11.5. The molecule has 66 heavy (non-hydrogen) atoms. The van der Waals surface area contributed by atoms with Gasteiger partial charge in [0.1, 0.15) is 24.2 Å². The molecule has 0 saturated carbocycles. The first-order valence-electron chi connectivity index (χ1n) is 21.9. The number of carboxylic acids is 2. The molecular weight excluding hydrogens is 857 g/mol. The van der Waals surface area contributed by atoms with E-state index in [1.54, 1.807) is 27.7 Å². The van der Waals surface area contributed by atoms with Crippen molar-refractivity contribution in [3.8, 4) is 0 Å². The van der Waals surface area contributed by atoms with Crippen LogP contribution in [0.1, 0.15) is 76.8 Å². The van der Waals surface area contributed by atoms with Crippen molar-refractivity contribution in [2.24, 2.45) is 0 Å². The van der Waals surface area contributed by atoms with Gasteiger partial charge in [-0.05, 0) is 86.8 Å². The SMILES string of the molecule is CCOC(=O)[C@H](CCc1ccccc1)N[C@@H](C)C(=O)N1Cc2ccccc2C[C@H]1C(=O)O.CCOC(=O)[C@H](CCc1ccccc1)N[C@@H](C)C(=O)N1Cc2ccccc2C[C@H]1C(=O)O.O.[H-].[H-].[Mg+2]. The molecule has 4 aromatic carbocycles. The molecular formula is C50H64MgN4O11. The van der Waals surface area contributed by atoms with Gasteiger partial charge in [0.15, 0.2) is 0 Å². The molecule has 2 aliphatic heterocycles. The first-order valence-corrected chi connectivity index (χ1v) is 21.9. The van der Waals surface area contributed by atoms with E-state index in [0.717, 1.165) is 33.4 Å². The van der Waals surface area contributed by atoms with Gasteiger partial charge in [0, 0.05) is 25.9 Å². The number of hydrogen-bond donors (Lipinski definition) is 4. The van der Waals surface area contributed by atoms with Crippen LogP contribution in [0.15, 0.2) is 109 Å². The zero-order valence-electron chi connectivity index (χ0n) is 40.2. The van der Waals surface area contributed by atoms with Crippen molar-refractivity contribution in [1.82, 2.24) is 20.4 Å². The van der Waals surface area contributed by atoms with E-state index in [0.29, 0.717) is 25.7 Å². The molecule has 15 nitrogen and oxygen atoms in total. The molecule has 2 heterocycles. The summed E-state index contributed by atoms with van der Waals surface area (Å²) in [6.45, 7) is 7.75. The van der Waals surface area contributed by atoms with Gasteiger partial charge in [-0.2, -0.15) is 0 Å². The monoisotopic (exact) mass is 920 g/mol. The summed E-state index contributed by atoms with van der Waals surface area (Å²) < 4.78 is 10.4. The second kappa shape index (κ2) is 27.1. The van der Waals surface area contributed by atoms with Crippen LogP contribution in [0.25, 0.3) is 0 Å². The van der Waals surface area contributed by atoms with E-state index in [-0.39, 0.29) is 82.3 Å². The Bertz CT molecular complexity index is 2070. The molecule has 0 aromatic heterocycles. The molecule has 0 fully saturated rings. The van der Waals surface area contributed by atoms with Gasteiger partial charge in [-0.1, -0.05) is 109 Å².